The third kappa shape index (κ3) is 2.40. The van der Waals surface area contributed by atoms with Crippen molar-refractivity contribution in [2.24, 2.45) is 17.4 Å². The number of aromatic hydroxyl groups is 1. The number of benzene rings is 1. The topological polar surface area (TPSA) is 184 Å². The van der Waals surface area contributed by atoms with Crippen LogP contribution in [0.15, 0.2) is 39.7 Å². The molecule has 0 aromatic heterocycles. The molecule has 1 aromatic carbocycles. The molecule has 1 aliphatic heterocycles. The van der Waals surface area contributed by atoms with Gasteiger partial charge in [-0.05, 0) is 18.6 Å². The molecule has 3 aliphatic rings. The van der Waals surface area contributed by atoms with Gasteiger partial charge in [-0.3, -0.25) is 14.4 Å². The number of carbonyl (C=O) groups is 3. The average molecular weight is 440 g/mol. The zero-order chi connectivity index (χ0) is 21.4. The van der Waals surface area contributed by atoms with E-state index in [0.29, 0.717) is 16.7 Å². The summed E-state index contributed by atoms with van der Waals surface area (Å²) in [5.74, 6) is -6.77. The second-order valence-corrected chi connectivity index (χ2v) is 8.85. The lowest BCUT2D eigenvalue weighted by atomic mass is 9.63. The van der Waals surface area contributed by atoms with Crippen LogP contribution in [0, 0.1) is 5.92 Å². The molecule has 2 aliphatic carbocycles. The molecule has 9 nitrogen and oxygen atoms in total. The van der Waals surface area contributed by atoms with Crippen molar-refractivity contribution in [1.82, 2.24) is 0 Å². The molecule has 153 valence electrons. The lowest BCUT2D eigenvalue weighted by Gasteiger charge is -2.47. The van der Waals surface area contributed by atoms with Gasteiger partial charge in [-0.1, -0.05) is 11.6 Å². The second kappa shape index (κ2) is 6.23. The first-order valence-electron chi connectivity index (χ1n) is 8.48. The Balaban J connectivity index is 1.96. The number of amides is 1. The summed E-state index contributed by atoms with van der Waals surface area (Å²) in [6, 6.07) is 1.27. The summed E-state index contributed by atoms with van der Waals surface area (Å²) in [5, 5.41) is 41.8. The van der Waals surface area contributed by atoms with Gasteiger partial charge >= 0.3 is 0 Å². The fourth-order valence-corrected chi connectivity index (χ4v) is 6.08. The van der Waals surface area contributed by atoms with Gasteiger partial charge in [0.25, 0.3) is 5.91 Å². The van der Waals surface area contributed by atoms with E-state index in [4.69, 9.17) is 23.1 Å². The number of halogens is 1. The summed E-state index contributed by atoms with van der Waals surface area (Å²) >= 11 is 6.61. The molecular formula is C18H16ClN2O7S. The number of rotatable bonds is 1. The SMILES string of the molecule is NC(=O)C1=C(O)C(N)C2CC3[SH]c4c(Cl)ccc(O)c4C(=O)C3=C(O)C2(O)C1=O. The molecule has 0 fully saturated rings. The summed E-state index contributed by atoms with van der Waals surface area (Å²) < 4.78 is 0. The maximum absolute atomic E-state index is 13.1. The molecule has 4 rings (SSSR count). The quantitative estimate of drug-likeness (QED) is 0.239. The number of primary amides is 1. The van der Waals surface area contributed by atoms with E-state index < -0.39 is 57.4 Å². The molecule has 1 radical (unpaired) electrons. The fourth-order valence-electron chi connectivity index (χ4n) is 4.22. The van der Waals surface area contributed by atoms with E-state index in [0.717, 1.165) is 0 Å². The van der Waals surface area contributed by atoms with Gasteiger partial charge in [-0.25, -0.2) is 0 Å². The Labute approximate surface area is 172 Å². The molecule has 4 atom stereocenters. The average Bonchev–Trinajstić information content (AvgIpc) is 2.65. The van der Waals surface area contributed by atoms with Crippen molar-refractivity contribution in [1.29, 1.82) is 0 Å². The Morgan fingerprint density at radius 1 is 1.24 bits per heavy atom. The second-order valence-electron chi connectivity index (χ2n) is 7.11. The molecular weight excluding hydrogens is 424 g/mol. The fraction of sp³-hybridized carbons (Fsp3) is 0.278. The Bertz CT molecular complexity index is 1080. The van der Waals surface area contributed by atoms with E-state index in [1.807, 2.05) is 0 Å². The van der Waals surface area contributed by atoms with Crippen LogP contribution in [0.3, 0.4) is 0 Å². The smallest absolute Gasteiger partial charge is 0.255 e. The van der Waals surface area contributed by atoms with E-state index in [1.165, 1.54) is 12.1 Å². The highest BCUT2D eigenvalue weighted by molar-refractivity contribution is 8.00. The highest BCUT2D eigenvalue weighted by Gasteiger charge is 2.62. The Morgan fingerprint density at radius 2 is 1.90 bits per heavy atom. The number of Topliss-reactive ketones (excluding diaryl/α,β-unsaturated/α-hetero) is 2. The molecule has 0 saturated carbocycles. The van der Waals surface area contributed by atoms with Gasteiger partial charge < -0.3 is 31.9 Å². The monoisotopic (exact) mass is 439 g/mol. The van der Waals surface area contributed by atoms with Gasteiger partial charge in [0.15, 0.2) is 11.4 Å². The number of carbonyl (C=O) groups excluding carboxylic acids is 3. The van der Waals surface area contributed by atoms with Crippen molar-refractivity contribution in [2.75, 3.05) is 0 Å². The summed E-state index contributed by atoms with van der Waals surface area (Å²) in [6.45, 7) is 0. The third-order valence-corrected chi connectivity index (χ3v) is 7.60. The summed E-state index contributed by atoms with van der Waals surface area (Å²) in [4.78, 5) is 37.9. The first-order valence-corrected chi connectivity index (χ1v) is 9.82. The number of thiol groups is 1. The number of aliphatic hydroxyl groups is 3. The number of nitrogens with two attached hydrogens (primary N) is 2. The maximum Gasteiger partial charge on any atom is 0.255 e. The van der Waals surface area contributed by atoms with Gasteiger partial charge in [0.05, 0.1) is 22.2 Å². The molecule has 4 unspecified atom stereocenters. The number of hydrogen-bond acceptors (Lipinski definition) is 8. The number of aliphatic hydroxyl groups excluding tert-OH is 2. The van der Waals surface area contributed by atoms with Gasteiger partial charge in [-0.2, -0.15) is 11.8 Å². The number of fused-ring (bicyclic) bond motifs is 3. The van der Waals surface area contributed by atoms with Gasteiger partial charge in [0, 0.05) is 16.1 Å². The molecule has 1 heterocycles. The molecule has 11 heteroatoms. The predicted molar refractivity (Wildman–Crippen MR) is 103 cm³/mol. The van der Waals surface area contributed by atoms with E-state index >= 15 is 0 Å². The third-order valence-electron chi connectivity index (χ3n) is 5.65. The molecule has 1 amide bonds. The Morgan fingerprint density at radius 3 is 2.52 bits per heavy atom. The van der Waals surface area contributed by atoms with Crippen molar-refractivity contribution in [3.05, 3.63) is 45.4 Å². The van der Waals surface area contributed by atoms with Crippen LogP contribution >= 0.6 is 23.4 Å². The van der Waals surface area contributed by atoms with Gasteiger partial charge in [0.1, 0.15) is 22.8 Å². The van der Waals surface area contributed by atoms with Crippen LogP contribution in [-0.2, 0) is 9.59 Å². The minimum atomic E-state index is -2.71. The van der Waals surface area contributed by atoms with E-state index in [1.54, 1.807) is 0 Å². The van der Waals surface area contributed by atoms with Crippen LogP contribution in [0.25, 0.3) is 0 Å². The van der Waals surface area contributed by atoms with E-state index in [-0.39, 0.29) is 28.3 Å². The lowest BCUT2D eigenvalue weighted by molar-refractivity contribution is -0.144. The first kappa shape index (κ1) is 19.8. The standard InChI is InChI=1S/C18H16ClN2O7S/c19-5-1-2-6(22)8-12(23)9-7(29-14(5)8)3-4-11(20)13(24)10(17(21)27)16(26)18(4,28)15(9)25/h1-2,4,7,11,22,24-25,28-29H,3,20H2,(H2,21,27). The largest absolute Gasteiger partial charge is 0.510 e. The zero-order valence-electron chi connectivity index (χ0n) is 14.6. The molecule has 29 heavy (non-hydrogen) atoms. The minimum Gasteiger partial charge on any atom is -0.510 e. The van der Waals surface area contributed by atoms with Gasteiger partial charge in [-0.15, -0.1) is 0 Å². The van der Waals surface area contributed by atoms with Crippen LogP contribution in [-0.4, -0.2) is 54.8 Å². The van der Waals surface area contributed by atoms with Gasteiger partial charge in [0.2, 0.25) is 5.78 Å². The summed E-state index contributed by atoms with van der Waals surface area (Å²) in [6.07, 6.45) is -0.0718. The van der Waals surface area contributed by atoms with Crippen LogP contribution in [0.4, 0.5) is 0 Å². The number of hydrogen-bond donors (Lipinski definition) is 7. The van der Waals surface area contributed by atoms with Crippen molar-refractivity contribution in [3.8, 4) is 5.75 Å². The summed E-state index contributed by atoms with van der Waals surface area (Å²) in [7, 11) is 0. The molecule has 1 aromatic rings. The summed E-state index contributed by atoms with van der Waals surface area (Å²) in [5.41, 5.74) is 7.05. The van der Waals surface area contributed by atoms with Crippen molar-refractivity contribution in [3.63, 3.8) is 0 Å². The van der Waals surface area contributed by atoms with E-state index in [9.17, 15) is 34.8 Å². The Kier molecular flexibility index (Phi) is 4.25. The highest BCUT2D eigenvalue weighted by atomic mass is 35.5. The molecule has 0 bridgehead atoms. The van der Waals surface area contributed by atoms with Crippen molar-refractivity contribution < 1.29 is 34.8 Å². The lowest BCUT2D eigenvalue weighted by Crippen LogP contribution is -2.63. The number of phenolic OH excluding ortho intramolecular Hbond substituents is 1. The van der Waals surface area contributed by atoms with Crippen molar-refractivity contribution >= 4 is 40.8 Å². The maximum atomic E-state index is 13.1. The molecule has 8 N–H and O–H groups in total. The zero-order valence-corrected chi connectivity index (χ0v) is 16.2. The van der Waals surface area contributed by atoms with Crippen molar-refractivity contribution in [2.45, 2.75) is 28.2 Å². The number of phenols is 1. The van der Waals surface area contributed by atoms with Crippen LogP contribution < -0.4 is 11.5 Å². The highest BCUT2D eigenvalue weighted by Crippen LogP contribution is 2.54. The van der Waals surface area contributed by atoms with Crippen LogP contribution in [0.2, 0.25) is 5.02 Å². The minimum absolute atomic E-state index is 0.0718. The number of ketones is 2. The van der Waals surface area contributed by atoms with Crippen LogP contribution in [0.1, 0.15) is 16.8 Å². The normalized spacial score (nSPS) is 31.3. The first-order chi connectivity index (χ1) is 13.5. The van der Waals surface area contributed by atoms with Crippen LogP contribution in [0.5, 0.6) is 5.75 Å². The molecule has 0 saturated heterocycles. The Hall–Kier alpha value is -2.53. The predicted octanol–water partition coefficient (Wildman–Crippen LogP) is 0.205. The molecule has 0 spiro atoms. The van der Waals surface area contributed by atoms with E-state index in [2.05, 4.69) is 0 Å².